The van der Waals surface area contributed by atoms with E-state index in [-0.39, 0.29) is 19.0 Å². The largest absolute Gasteiger partial charge is 0.370 e. The molecular weight excluding hydrogens is 332 g/mol. The van der Waals surface area contributed by atoms with Crippen LogP contribution in [0.15, 0.2) is 44.9 Å². The van der Waals surface area contributed by atoms with Gasteiger partial charge in [-0.25, -0.2) is 13.1 Å². The highest BCUT2D eigenvalue weighted by molar-refractivity contribution is 7.91. The molecule has 0 aliphatic heterocycles. The van der Waals surface area contributed by atoms with Gasteiger partial charge in [0, 0.05) is 12.2 Å². The monoisotopic (exact) mass is 352 g/mol. The number of sulfonamides is 1. The van der Waals surface area contributed by atoms with Crippen LogP contribution in [0.25, 0.3) is 0 Å². The van der Waals surface area contributed by atoms with E-state index in [2.05, 4.69) is 15.0 Å². The van der Waals surface area contributed by atoms with E-state index >= 15 is 0 Å². The van der Waals surface area contributed by atoms with Crippen molar-refractivity contribution < 1.29 is 8.42 Å². The van der Waals surface area contributed by atoms with Gasteiger partial charge in [-0.2, -0.15) is 0 Å². The summed E-state index contributed by atoms with van der Waals surface area (Å²) in [5.74, 6) is 0.253. The lowest BCUT2D eigenvalue weighted by Gasteiger charge is -2.08. The Bertz CT molecular complexity index is 784. The van der Waals surface area contributed by atoms with Crippen LogP contribution in [0.4, 0.5) is 5.69 Å². The Morgan fingerprint density at radius 2 is 2.04 bits per heavy atom. The molecule has 4 N–H and O–H groups in total. The molecule has 0 amide bonds. The zero-order chi connectivity index (χ0) is 16.9. The molecule has 0 aliphatic rings. The molecule has 2 rings (SSSR count). The second kappa shape index (κ2) is 7.58. The predicted octanol–water partition coefficient (Wildman–Crippen LogP) is 2.07. The summed E-state index contributed by atoms with van der Waals surface area (Å²) >= 11 is 1.18. The van der Waals surface area contributed by atoms with Gasteiger partial charge in [-0.1, -0.05) is 12.1 Å². The molecule has 0 bridgehead atoms. The maximum absolute atomic E-state index is 11.9. The highest BCUT2D eigenvalue weighted by atomic mass is 32.2. The molecule has 1 aromatic carbocycles. The minimum absolute atomic E-state index is 0.190. The summed E-state index contributed by atoms with van der Waals surface area (Å²) in [5, 5.41) is 4.71. The Morgan fingerprint density at radius 3 is 2.70 bits per heavy atom. The van der Waals surface area contributed by atoms with Gasteiger partial charge < -0.3 is 11.1 Å². The number of anilines is 1. The summed E-state index contributed by atoms with van der Waals surface area (Å²) in [6, 6.07) is 9.16. The average molecular weight is 352 g/mol. The first kappa shape index (κ1) is 17.5. The number of guanidine groups is 1. The standard InChI is InChI=1S/C15H20N4O2S2/c1-11-5-6-13(10-12(11)2)19-15(16)17-7-8-18-23(20,21)14-4-3-9-22-14/h3-6,9-10,18H,7-8H2,1-2H3,(H3,16,17,19). The molecule has 0 spiro atoms. The fourth-order valence-electron chi connectivity index (χ4n) is 1.85. The van der Waals surface area contributed by atoms with Gasteiger partial charge in [-0.3, -0.25) is 4.99 Å². The van der Waals surface area contributed by atoms with Crippen LogP contribution in [0.1, 0.15) is 11.1 Å². The van der Waals surface area contributed by atoms with Crippen molar-refractivity contribution >= 4 is 33.0 Å². The van der Waals surface area contributed by atoms with Crippen molar-refractivity contribution in [3.05, 3.63) is 46.8 Å². The Kier molecular flexibility index (Phi) is 5.75. The summed E-state index contributed by atoms with van der Waals surface area (Å²) in [5.41, 5.74) is 9.02. The molecule has 23 heavy (non-hydrogen) atoms. The van der Waals surface area contributed by atoms with E-state index in [1.54, 1.807) is 17.5 Å². The van der Waals surface area contributed by atoms with Gasteiger partial charge in [-0.05, 0) is 48.6 Å². The topological polar surface area (TPSA) is 96.6 Å². The Hall–Kier alpha value is -1.90. The maximum atomic E-state index is 11.9. The molecule has 0 saturated carbocycles. The second-order valence-corrected chi connectivity index (χ2v) is 7.96. The van der Waals surface area contributed by atoms with E-state index in [0.29, 0.717) is 4.21 Å². The molecule has 6 nitrogen and oxygen atoms in total. The third-order valence-electron chi connectivity index (χ3n) is 3.23. The lowest BCUT2D eigenvalue weighted by Crippen LogP contribution is -2.28. The fraction of sp³-hybridized carbons (Fsp3) is 0.267. The van der Waals surface area contributed by atoms with E-state index in [9.17, 15) is 8.42 Å². The number of aliphatic imine (C=N–C) groups is 1. The van der Waals surface area contributed by atoms with Crippen LogP contribution in [0.2, 0.25) is 0 Å². The zero-order valence-corrected chi connectivity index (χ0v) is 14.7. The average Bonchev–Trinajstić information content (AvgIpc) is 3.03. The number of aryl methyl sites for hydroxylation is 2. The maximum Gasteiger partial charge on any atom is 0.250 e. The zero-order valence-electron chi connectivity index (χ0n) is 13.0. The summed E-state index contributed by atoms with van der Waals surface area (Å²) in [4.78, 5) is 4.12. The van der Waals surface area contributed by atoms with E-state index in [1.165, 1.54) is 16.9 Å². The van der Waals surface area contributed by atoms with E-state index in [1.807, 2.05) is 32.0 Å². The SMILES string of the molecule is Cc1ccc(NC(N)=NCCNS(=O)(=O)c2cccs2)cc1C. The van der Waals surface area contributed by atoms with Crippen molar-refractivity contribution in [2.45, 2.75) is 18.1 Å². The minimum atomic E-state index is -3.45. The molecule has 0 atom stereocenters. The van der Waals surface area contributed by atoms with E-state index in [0.717, 1.165) is 11.3 Å². The quantitative estimate of drug-likeness (QED) is 0.421. The highest BCUT2D eigenvalue weighted by Gasteiger charge is 2.13. The smallest absolute Gasteiger partial charge is 0.250 e. The number of thiophene rings is 1. The highest BCUT2D eigenvalue weighted by Crippen LogP contribution is 2.15. The lowest BCUT2D eigenvalue weighted by atomic mass is 10.1. The Balaban J connectivity index is 1.84. The van der Waals surface area contributed by atoms with Crippen LogP contribution < -0.4 is 15.8 Å². The number of rotatable bonds is 6. The lowest BCUT2D eigenvalue weighted by molar-refractivity contribution is 0.584. The fourth-order valence-corrected chi connectivity index (χ4v) is 3.91. The minimum Gasteiger partial charge on any atom is -0.370 e. The number of hydrogen-bond donors (Lipinski definition) is 3. The summed E-state index contributed by atoms with van der Waals surface area (Å²) in [6.45, 7) is 4.51. The summed E-state index contributed by atoms with van der Waals surface area (Å²) in [6.07, 6.45) is 0. The van der Waals surface area contributed by atoms with Crippen molar-refractivity contribution in [1.29, 1.82) is 0 Å². The molecule has 0 saturated heterocycles. The van der Waals surface area contributed by atoms with E-state index in [4.69, 9.17) is 5.73 Å². The van der Waals surface area contributed by atoms with Gasteiger partial charge in [0.2, 0.25) is 10.0 Å². The van der Waals surface area contributed by atoms with Crippen molar-refractivity contribution in [3.63, 3.8) is 0 Å². The molecular formula is C15H20N4O2S2. The molecule has 8 heteroatoms. The van der Waals surface area contributed by atoms with Crippen LogP contribution in [0.3, 0.4) is 0 Å². The molecule has 0 unspecified atom stereocenters. The molecule has 1 heterocycles. The molecule has 1 aromatic heterocycles. The molecule has 0 fully saturated rings. The number of nitrogens with two attached hydrogens (primary N) is 1. The number of hydrogen-bond acceptors (Lipinski definition) is 4. The number of benzene rings is 1. The van der Waals surface area contributed by atoms with Crippen LogP contribution in [0, 0.1) is 13.8 Å². The first-order chi connectivity index (χ1) is 10.9. The van der Waals surface area contributed by atoms with Crippen molar-refractivity contribution in [1.82, 2.24) is 4.72 Å². The summed E-state index contributed by atoms with van der Waals surface area (Å²) in [7, 11) is -3.45. The number of nitrogens with zero attached hydrogens (tertiary/aromatic N) is 1. The van der Waals surface area contributed by atoms with Crippen LogP contribution in [-0.4, -0.2) is 27.5 Å². The first-order valence-electron chi connectivity index (χ1n) is 7.06. The van der Waals surface area contributed by atoms with Gasteiger partial charge in [0.15, 0.2) is 5.96 Å². The predicted molar refractivity (Wildman–Crippen MR) is 95.5 cm³/mol. The second-order valence-electron chi connectivity index (χ2n) is 5.02. The van der Waals surface area contributed by atoms with Crippen molar-refractivity contribution in [2.75, 3.05) is 18.4 Å². The van der Waals surface area contributed by atoms with Crippen LogP contribution in [0.5, 0.6) is 0 Å². The molecule has 0 aliphatic carbocycles. The van der Waals surface area contributed by atoms with Crippen molar-refractivity contribution in [2.24, 2.45) is 10.7 Å². The van der Waals surface area contributed by atoms with Gasteiger partial charge in [-0.15, -0.1) is 11.3 Å². The van der Waals surface area contributed by atoms with Crippen LogP contribution in [-0.2, 0) is 10.0 Å². The Morgan fingerprint density at radius 1 is 1.26 bits per heavy atom. The summed E-state index contributed by atoms with van der Waals surface area (Å²) < 4.78 is 26.6. The molecule has 0 radical (unpaired) electrons. The number of nitrogens with one attached hydrogen (secondary N) is 2. The normalized spacial score (nSPS) is 12.3. The van der Waals surface area contributed by atoms with Gasteiger partial charge in [0.1, 0.15) is 4.21 Å². The van der Waals surface area contributed by atoms with Gasteiger partial charge >= 0.3 is 0 Å². The van der Waals surface area contributed by atoms with Gasteiger partial charge in [0.25, 0.3) is 0 Å². The third-order valence-corrected chi connectivity index (χ3v) is 6.08. The molecule has 124 valence electrons. The van der Waals surface area contributed by atoms with Crippen LogP contribution >= 0.6 is 11.3 Å². The Labute approximate surface area is 140 Å². The molecule has 2 aromatic rings. The third kappa shape index (κ3) is 5.05. The van der Waals surface area contributed by atoms with E-state index < -0.39 is 10.0 Å². The van der Waals surface area contributed by atoms with Gasteiger partial charge in [0.05, 0.1) is 6.54 Å². The first-order valence-corrected chi connectivity index (χ1v) is 9.42. The van der Waals surface area contributed by atoms with Crippen molar-refractivity contribution in [3.8, 4) is 0 Å².